The molecule has 4 heteroatoms. The lowest BCUT2D eigenvalue weighted by atomic mass is 10.0. The summed E-state index contributed by atoms with van der Waals surface area (Å²) >= 11 is 0. The van der Waals surface area contributed by atoms with E-state index in [4.69, 9.17) is 15.6 Å². The van der Waals surface area contributed by atoms with Crippen molar-refractivity contribution in [1.82, 2.24) is 0 Å². The summed E-state index contributed by atoms with van der Waals surface area (Å²) in [7, 11) is -2.17. The first-order valence-electron chi connectivity index (χ1n) is 7.25. The van der Waals surface area contributed by atoms with Crippen LogP contribution in [0.1, 0.15) is 34.1 Å². The number of terminal acetylenes is 1. The van der Waals surface area contributed by atoms with Gasteiger partial charge >= 0.3 is 5.97 Å². The molecule has 0 bridgehead atoms. The van der Waals surface area contributed by atoms with Crippen molar-refractivity contribution < 1.29 is 14.0 Å². The quantitative estimate of drug-likeness (QED) is 0.255. The van der Waals surface area contributed by atoms with Crippen LogP contribution in [-0.4, -0.2) is 26.5 Å². The molecule has 1 unspecified atom stereocenters. The lowest BCUT2D eigenvalue weighted by Gasteiger charge is -2.41. The van der Waals surface area contributed by atoms with Gasteiger partial charge in [0.05, 0.1) is 6.61 Å². The molecule has 0 spiro atoms. The molecule has 0 saturated heterocycles. The van der Waals surface area contributed by atoms with Crippen molar-refractivity contribution >= 4 is 14.3 Å². The second-order valence-corrected chi connectivity index (χ2v) is 11.1. The van der Waals surface area contributed by atoms with E-state index in [-0.39, 0.29) is 11.6 Å². The monoisotopic (exact) mass is 318 g/mol. The molecule has 1 atom stereocenters. The van der Waals surface area contributed by atoms with Crippen molar-refractivity contribution in [2.24, 2.45) is 0 Å². The van der Waals surface area contributed by atoms with Crippen LogP contribution < -0.4 is 0 Å². The van der Waals surface area contributed by atoms with Gasteiger partial charge in [0.2, 0.25) is 0 Å². The van der Waals surface area contributed by atoms with Gasteiger partial charge < -0.3 is 9.16 Å². The highest BCUT2D eigenvalue weighted by molar-refractivity contribution is 6.74. The van der Waals surface area contributed by atoms with E-state index in [2.05, 4.69) is 63.9 Å². The average molecular weight is 318 g/mol. The summed E-state index contributed by atoms with van der Waals surface area (Å²) in [4.78, 5) is 11.5. The van der Waals surface area contributed by atoms with Crippen LogP contribution in [0.15, 0.2) is 18.4 Å². The Balaban J connectivity index is 5.67. The molecule has 0 radical (unpaired) electrons. The molecule has 0 N–H and O–H groups in total. The molecule has 0 aromatic carbocycles. The Hall–Kier alpha value is -1.71. The number of hydrogen-bond donors (Lipinski definition) is 0. The molecule has 0 aromatic rings. The summed E-state index contributed by atoms with van der Waals surface area (Å²) in [6.07, 6.45) is 7.68. The van der Waals surface area contributed by atoms with Gasteiger partial charge in [-0.25, -0.2) is 4.79 Å². The molecule has 0 aliphatic carbocycles. The van der Waals surface area contributed by atoms with Crippen LogP contribution in [0, 0.1) is 24.2 Å². The van der Waals surface area contributed by atoms with E-state index in [0.717, 1.165) is 0 Å². The van der Waals surface area contributed by atoms with Crippen molar-refractivity contribution in [3.63, 3.8) is 0 Å². The second kappa shape index (κ2) is 8.06. The summed E-state index contributed by atoms with van der Waals surface area (Å²) in [5, 5.41) is -0.0292. The molecule has 3 nitrogen and oxygen atoms in total. The van der Waals surface area contributed by atoms with Gasteiger partial charge in [0, 0.05) is 12.3 Å². The predicted octanol–water partition coefficient (Wildman–Crippen LogP) is 3.68. The van der Waals surface area contributed by atoms with E-state index < -0.39 is 19.9 Å². The molecule has 0 heterocycles. The number of ether oxygens (including phenoxy) is 1. The van der Waals surface area contributed by atoms with Crippen molar-refractivity contribution in [2.45, 2.75) is 57.8 Å². The first-order valence-corrected chi connectivity index (χ1v) is 10.2. The SMILES string of the molecule is C#CC(C#CC(=O)OCC)(CC=C=C)O[Si](C)(C)C(C)(C)C. The van der Waals surface area contributed by atoms with Gasteiger partial charge in [-0.1, -0.05) is 33.3 Å². The smallest absolute Gasteiger partial charge is 0.384 e. The third-order valence-electron chi connectivity index (χ3n) is 3.64. The topological polar surface area (TPSA) is 35.5 Å². The molecule has 0 fully saturated rings. The highest BCUT2D eigenvalue weighted by Crippen LogP contribution is 2.39. The van der Waals surface area contributed by atoms with Crippen molar-refractivity contribution in [2.75, 3.05) is 6.61 Å². The van der Waals surface area contributed by atoms with Gasteiger partial charge in [-0.05, 0) is 37.1 Å². The Kier molecular flexibility index (Phi) is 7.43. The molecule has 0 aliphatic rings. The van der Waals surface area contributed by atoms with Crippen LogP contribution >= 0.6 is 0 Å². The van der Waals surface area contributed by atoms with E-state index >= 15 is 0 Å². The maximum absolute atomic E-state index is 11.5. The fourth-order valence-corrected chi connectivity index (χ4v) is 2.74. The largest absolute Gasteiger partial charge is 0.456 e. The third-order valence-corrected chi connectivity index (χ3v) is 8.12. The maximum atomic E-state index is 11.5. The van der Waals surface area contributed by atoms with Gasteiger partial charge in [0.25, 0.3) is 0 Å². The highest BCUT2D eigenvalue weighted by atomic mass is 28.4. The van der Waals surface area contributed by atoms with Gasteiger partial charge in [0.1, 0.15) is 0 Å². The Morgan fingerprint density at radius 3 is 2.36 bits per heavy atom. The van der Waals surface area contributed by atoms with Crippen LogP contribution in [0.2, 0.25) is 18.1 Å². The molecular weight excluding hydrogens is 292 g/mol. The third kappa shape index (κ3) is 5.96. The van der Waals surface area contributed by atoms with Crippen molar-refractivity contribution in [1.29, 1.82) is 0 Å². The molecular formula is C18H26O3Si. The number of rotatable bonds is 5. The zero-order valence-corrected chi connectivity index (χ0v) is 15.5. The molecule has 0 saturated carbocycles. The van der Waals surface area contributed by atoms with Crippen LogP contribution in [0.4, 0.5) is 0 Å². The Labute approximate surface area is 135 Å². The number of carbonyl (C=O) groups excluding carboxylic acids is 1. The lowest BCUT2D eigenvalue weighted by molar-refractivity contribution is -0.136. The van der Waals surface area contributed by atoms with Crippen LogP contribution in [0.5, 0.6) is 0 Å². The fourth-order valence-electron chi connectivity index (χ4n) is 1.37. The molecule has 0 aromatic heterocycles. The van der Waals surface area contributed by atoms with Crippen molar-refractivity contribution in [3.8, 4) is 24.2 Å². The van der Waals surface area contributed by atoms with E-state index in [1.54, 1.807) is 13.0 Å². The molecule has 0 aliphatic heterocycles. The van der Waals surface area contributed by atoms with E-state index in [0.29, 0.717) is 6.42 Å². The minimum absolute atomic E-state index is 0.0292. The minimum atomic E-state index is -2.17. The van der Waals surface area contributed by atoms with Crippen molar-refractivity contribution in [3.05, 3.63) is 18.4 Å². The maximum Gasteiger partial charge on any atom is 0.384 e. The Morgan fingerprint density at radius 1 is 1.36 bits per heavy atom. The molecule has 0 amide bonds. The number of esters is 1. The summed E-state index contributed by atoms with van der Waals surface area (Å²) in [5.74, 6) is 7.22. The van der Waals surface area contributed by atoms with Gasteiger partial charge in [-0.2, -0.15) is 0 Å². The molecule has 22 heavy (non-hydrogen) atoms. The predicted molar refractivity (Wildman–Crippen MR) is 92.6 cm³/mol. The lowest BCUT2D eigenvalue weighted by Crippen LogP contribution is -2.48. The number of carbonyl (C=O) groups is 1. The van der Waals surface area contributed by atoms with E-state index in [1.807, 2.05) is 0 Å². The first kappa shape index (κ1) is 20.3. The van der Waals surface area contributed by atoms with E-state index in [9.17, 15) is 4.79 Å². The van der Waals surface area contributed by atoms with Gasteiger partial charge in [-0.15, -0.1) is 12.2 Å². The summed E-state index contributed by atoms with van der Waals surface area (Å²) < 4.78 is 11.1. The van der Waals surface area contributed by atoms with Crippen LogP contribution in [-0.2, 0) is 14.0 Å². The summed E-state index contributed by atoms with van der Waals surface area (Å²) in [5.41, 5.74) is 1.51. The first-order chi connectivity index (χ1) is 10.0. The van der Waals surface area contributed by atoms with Crippen LogP contribution in [0.3, 0.4) is 0 Å². The van der Waals surface area contributed by atoms with E-state index in [1.165, 1.54) is 0 Å². The number of hydrogen-bond acceptors (Lipinski definition) is 3. The second-order valence-electron chi connectivity index (χ2n) is 6.42. The van der Waals surface area contributed by atoms with Gasteiger partial charge in [-0.3, -0.25) is 0 Å². The fraction of sp³-hybridized carbons (Fsp3) is 0.556. The minimum Gasteiger partial charge on any atom is -0.456 e. The summed E-state index contributed by atoms with van der Waals surface area (Å²) in [6.45, 7) is 16.0. The molecule has 0 rings (SSSR count). The highest BCUT2D eigenvalue weighted by Gasteiger charge is 2.43. The summed E-state index contributed by atoms with van der Waals surface area (Å²) in [6, 6.07) is 0. The Bertz CT molecular complexity index is 546. The average Bonchev–Trinajstić information content (AvgIpc) is 2.41. The van der Waals surface area contributed by atoms with Gasteiger partial charge in [0.15, 0.2) is 13.9 Å². The standard InChI is InChI=1S/C18H26O3Si/c1-9-12-14-18(10-2,15-13-16(19)20-11-3)21-22(7,8)17(4,5)6/h2,12H,1,11,14H2,3-8H3. The Morgan fingerprint density at radius 2 is 1.95 bits per heavy atom. The normalized spacial score (nSPS) is 13.7. The van der Waals surface area contributed by atoms with Crippen LogP contribution in [0.25, 0.3) is 0 Å². The zero-order valence-electron chi connectivity index (χ0n) is 14.5. The zero-order chi connectivity index (χ0) is 17.4. The molecule has 120 valence electrons.